The van der Waals surface area contributed by atoms with Gasteiger partial charge in [0.25, 0.3) is 5.91 Å². The number of carbonyl (C=O) groups excluding carboxylic acids is 4. The second-order valence-corrected chi connectivity index (χ2v) is 11.8. The average molecular weight is 634 g/mol. The second kappa shape index (κ2) is 16.1. The van der Waals surface area contributed by atoms with E-state index in [1.807, 2.05) is 6.92 Å². The van der Waals surface area contributed by atoms with Crippen molar-refractivity contribution in [2.45, 2.75) is 77.0 Å². The fourth-order valence-corrected chi connectivity index (χ4v) is 5.25. The first kappa shape index (κ1) is 34.5. The molecule has 0 aliphatic carbocycles. The number of amides is 4. The molecule has 1 saturated heterocycles. The van der Waals surface area contributed by atoms with E-state index in [-0.39, 0.29) is 36.6 Å². The largest absolute Gasteiger partial charge is 0.488 e. The first-order valence-electron chi connectivity index (χ1n) is 14.6. The van der Waals surface area contributed by atoms with Gasteiger partial charge in [0.1, 0.15) is 17.8 Å². The van der Waals surface area contributed by atoms with Gasteiger partial charge in [-0.2, -0.15) is 8.42 Å². The number of benzene rings is 2. The highest BCUT2D eigenvalue weighted by molar-refractivity contribution is 7.81. The van der Waals surface area contributed by atoms with Crippen molar-refractivity contribution in [3.05, 3.63) is 65.2 Å². The number of nitrogens with two attached hydrogens (primary N) is 1. The van der Waals surface area contributed by atoms with E-state index in [1.54, 1.807) is 36.1 Å². The number of rotatable bonds is 15. The molecule has 2 aromatic carbocycles. The number of hydrogen-bond donors (Lipinski definition) is 4. The van der Waals surface area contributed by atoms with Crippen molar-refractivity contribution in [1.82, 2.24) is 20.9 Å². The molecule has 1 fully saturated rings. The quantitative estimate of drug-likeness (QED) is 0.170. The molecular formula is C30H40FN5O7S. The number of halogens is 1. The molecule has 0 bridgehead atoms. The minimum Gasteiger partial charge on any atom is -0.358 e. The summed E-state index contributed by atoms with van der Waals surface area (Å²) in [5, 5.41) is 8.29. The molecule has 0 aromatic heterocycles. The van der Waals surface area contributed by atoms with Crippen LogP contribution in [0.5, 0.6) is 5.75 Å². The Balaban J connectivity index is 1.52. The monoisotopic (exact) mass is 633 g/mol. The highest BCUT2D eigenvalue weighted by Crippen LogP contribution is 2.18. The molecule has 12 nitrogen and oxygen atoms in total. The van der Waals surface area contributed by atoms with Gasteiger partial charge >= 0.3 is 10.5 Å². The number of unbranched alkanes of at least 4 members (excludes halogenated alkanes) is 1. The van der Waals surface area contributed by atoms with Gasteiger partial charge in [-0.1, -0.05) is 28.2 Å². The maximum atomic E-state index is 13.0. The number of carbonyl (C=O) groups is 4. The number of hydrogen-bond acceptors (Lipinski definition) is 8. The minimum absolute atomic E-state index is 0.102. The second-order valence-electron chi connectivity index (χ2n) is 10.8. The first-order chi connectivity index (χ1) is 20.9. The summed E-state index contributed by atoms with van der Waals surface area (Å²) in [5.74, 6) is -1.54. The van der Waals surface area contributed by atoms with E-state index in [9.17, 15) is 31.5 Å². The van der Waals surface area contributed by atoms with E-state index in [1.165, 1.54) is 24.3 Å². The lowest BCUT2D eigenvalue weighted by atomic mass is 10.1. The Kier molecular flexibility index (Phi) is 12.6. The third kappa shape index (κ3) is 10.9. The Morgan fingerprint density at radius 3 is 2.27 bits per heavy atom. The average Bonchev–Trinajstić information content (AvgIpc) is 3.41. The first-order valence-corrected chi connectivity index (χ1v) is 15.9. The van der Waals surface area contributed by atoms with Gasteiger partial charge in [0.05, 0.1) is 6.42 Å². The topological polar surface area (TPSA) is 177 Å². The molecule has 2 aromatic rings. The van der Waals surface area contributed by atoms with Gasteiger partial charge in [-0.15, -0.1) is 0 Å². The van der Waals surface area contributed by atoms with E-state index >= 15 is 0 Å². The molecule has 5 N–H and O–H groups in total. The molecule has 4 amide bonds. The fraction of sp³-hybridized carbons (Fsp3) is 0.467. The summed E-state index contributed by atoms with van der Waals surface area (Å²) in [7, 11) is -5.16. The standard InChI is InChI=1S/C30H40FN5O7S/c1-20-6-5-17-36(20)30(40)21(2)34-28(38)24-12-8-23(9-13-24)19-33-29(39)26(7-3-4-16-32)35-27(37)18-22-10-14-25(15-11-22)43-44(31,41)42/h8-15,20-21,26H,3-7,16-19,32H2,1-2H3,(H,33,39)(H,34,38)(H,35,37). The molecule has 0 saturated carbocycles. The summed E-state index contributed by atoms with van der Waals surface area (Å²) in [4.78, 5) is 52.9. The van der Waals surface area contributed by atoms with Gasteiger partial charge in [-0.3, -0.25) is 19.2 Å². The molecule has 0 radical (unpaired) electrons. The molecule has 1 heterocycles. The molecule has 3 rings (SSSR count). The van der Waals surface area contributed by atoms with Crippen LogP contribution in [-0.2, 0) is 37.9 Å². The predicted molar refractivity (Wildman–Crippen MR) is 161 cm³/mol. The minimum atomic E-state index is -5.16. The Morgan fingerprint density at radius 1 is 1.02 bits per heavy atom. The highest BCUT2D eigenvalue weighted by atomic mass is 32.3. The van der Waals surface area contributed by atoms with Crippen LogP contribution in [0.2, 0.25) is 0 Å². The molecular weight excluding hydrogens is 593 g/mol. The summed E-state index contributed by atoms with van der Waals surface area (Å²) in [5.41, 5.74) is 7.19. The summed E-state index contributed by atoms with van der Waals surface area (Å²) >= 11 is 0. The van der Waals surface area contributed by atoms with Crippen molar-refractivity contribution in [2.75, 3.05) is 13.1 Å². The van der Waals surface area contributed by atoms with Gasteiger partial charge in [-0.05, 0) is 87.9 Å². The van der Waals surface area contributed by atoms with Crippen molar-refractivity contribution < 1.29 is 35.7 Å². The summed E-state index contributed by atoms with van der Waals surface area (Å²) < 4.78 is 38.1. The maximum absolute atomic E-state index is 13.0. The van der Waals surface area contributed by atoms with Crippen LogP contribution in [0.1, 0.15) is 67.4 Å². The fourth-order valence-electron chi connectivity index (χ4n) is 4.91. The summed E-state index contributed by atoms with van der Waals surface area (Å²) in [6.07, 6.45) is 3.45. The molecule has 1 aliphatic heterocycles. The lowest BCUT2D eigenvalue weighted by molar-refractivity contribution is -0.133. The van der Waals surface area contributed by atoms with E-state index < -0.39 is 34.4 Å². The van der Waals surface area contributed by atoms with Crippen LogP contribution in [-0.4, -0.2) is 68.2 Å². The van der Waals surface area contributed by atoms with Gasteiger partial charge < -0.3 is 30.8 Å². The SMILES string of the molecule is CC(NC(=O)c1ccc(CNC(=O)C(CCCCN)NC(=O)Cc2ccc(OS(=O)(=O)F)cc2)cc1)C(=O)N1CCCC1C. The highest BCUT2D eigenvalue weighted by Gasteiger charge is 2.29. The van der Waals surface area contributed by atoms with Gasteiger partial charge in [0.15, 0.2) is 0 Å². The Hall–Kier alpha value is -4.04. The van der Waals surface area contributed by atoms with Gasteiger partial charge in [0.2, 0.25) is 17.7 Å². The van der Waals surface area contributed by atoms with Crippen LogP contribution in [0, 0.1) is 0 Å². The van der Waals surface area contributed by atoms with Crippen LogP contribution in [0.25, 0.3) is 0 Å². The van der Waals surface area contributed by atoms with Crippen molar-refractivity contribution in [2.24, 2.45) is 5.73 Å². The van der Waals surface area contributed by atoms with Crippen LogP contribution >= 0.6 is 0 Å². The lowest BCUT2D eigenvalue weighted by Gasteiger charge is -2.25. The van der Waals surface area contributed by atoms with Crippen molar-refractivity contribution >= 4 is 34.1 Å². The zero-order chi connectivity index (χ0) is 32.3. The molecule has 1 aliphatic rings. The van der Waals surface area contributed by atoms with Crippen molar-refractivity contribution in [3.63, 3.8) is 0 Å². The van der Waals surface area contributed by atoms with Crippen LogP contribution in [0.4, 0.5) is 3.89 Å². The molecule has 3 atom stereocenters. The maximum Gasteiger partial charge on any atom is 0.488 e. The van der Waals surface area contributed by atoms with Crippen molar-refractivity contribution in [3.8, 4) is 5.75 Å². The zero-order valence-electron chi connectivity index (χ0n) is 24.9. The molecule has 240 valence electrons. The van der Waals surface area contributed by atoms with Crippen LogP contribution in [0.15, 0.2) is 48.5 Å². The summed E-state index contributed by atoms with van der Waals surface area (Å²) in [6, 6.07) is 10.6. The van der Waals surface area contributed by atoms with E-state index in [4.69, 9.17) is 5.73 Å². The number of nitrogens with one attached hydrogen (secondary N) is 3. The van der Waals surface area contributed by atoms with E-state index in [2.05, 4.69) is 20.1 Å². The summed E-state index contributed by atoms with van der Waals surface area (Å²) in [6.45, 7) is 4.96. The Morgan fingerprint density at radius 2 is 1.68 bits per heavy atom. The Bertz CT molecular complexity index is 1400. The predicted octanol–water partition coefficient (Wildman–Crippen LogP) is 1.88. The normalized spacial score (nSPS) is 16.1. The van der Waals surface area contributed by atoms with Crippen LogP contribution < -0.4 is 25.9 Å². The van der Waals surface area contributed by atoms with Crippen LogP contribution in [0.3, 0.4) is 0 Å². The third-order valence-electron chi connectivity index (χ3n) is 7.32. The van der Waals surface area contributed by atoms with Crippen molar-refractivity contribution in [1.29, 1.82) is 0 Å². The number of nitrogens with zero attached hydrogens (tertiary/aromatic N) is 1. The molecule has 14 heteroatoms. The molecule has 44 heavy (non-hydrogen) atoms. The van der Waals surface area contributed by atoms with E-state index in [0.29, 0.717) is 43.5 Å². The van der Waals surface area contributed by atoms with E-state index in [0.717, 1.165) is 18.4 Å². The Labute approximate surface area is 257 Å². The number of likely N-dealkylation sites (tertiary alicyclic amines) is 1. The smallest absolute Gasteiger partial charge is 0.358 e. The van der Waals surface area contributed by atoms with Gasteiger partial charge in [-0.25, -0.2) is 0 Å². The third-order valence-corrected chi connectivity index (χ3v) is 7.71. The zero-order valence-corrected chi connectivity index (χ0v) is 25.7. The lowest BCUT2D eigenvalue weighted by Crippen LogP contribution is -2.48. The van der Waals surface area contributed by atoms with Gasteiger partial charge in [0, 0.05) is 24.7 Å². The molecule has 3 unspecified atom stereocenters. The molecule has 0 spiro atoms.